The van der Waals surface area contributed by atoms with Gasteiger partial charge in [0.1, 0.15) is 5.03 Å². The molecule has 10 heteroatoms. The van der Waals surface area contributed by atoms with Crippen molar-refractivity contribution < 1.29 is 5.21 Å². The van der Waals surface area contributed by atoms with E-state index in [1.165, 1.54) is 10.9 Å². The van der Waals surface area contributed by atoms with E-state index in [9.17, 15) is 9.59 Å². The molecule has 0 spiro atoms. The monoisotopic (exact) mass is 294 g/mol. The lowest BCUT2D eigenvalue weighted by Gasteiger charge is -2.06. The molecule has 0 saturated heterocycles. The normalized spacial score (nSPS) is 11.6. The highest BCUT2D eigenvalue weighted by Gasteiger charge is 2.08. The van der Waals surface area contributed by atoms with E-state index in [0.29, 0.717) is 10.6 Å². The first-order valence-electron chi connectivity index (χ1n) is 5.30. The molecule has 2 rings (SSSR count). The molecule has 2 aromatic rings. The molecule has 20 heavy (non-hydrogen) atoms. The smallest absolute Gasteiger partial charge is 0.339 e. The number of pyridine rings is 1. The Morgan fingerprint density at radius 3 is 3.00 bits per heavy atom. The molecule has 0 radical (unpaired) electrons. The minimum Gasteiger partial charge on any atom is -0.409 e. The fourth-order valence-electron chi connectivity index (χ4n) is 1.33. The molecule has 0 amide bonds. The average molecular weight is 294 g/mol. The van der Waals surface area contributed by atoms with Gasteiger partial charge in [0.05, 0.1) is 0 Å². The molecule has 0 saturated carbocycles. The maximum Gasteiger partial charge on any atom is 0.339 e. The summed E-state index contributed by atoms with van der Waals surface area (Å²) in [7, 11) is 1.55. The van der Waals surface area contributed by atoms with Gasteiger partial charge < -0.3 is 10.9 Å². The summed E-state index contributed by atoms with van der Waals surface area (Å²) in [5.41, 5.74) is 4.27. The lowest BCUT2D eigenvalue weighted by molar-refractivity contribution is 0.318. The minimum atomic E-state index is -0.877. The van der Waals surface area contributed by atoms with Crippen LogP contribution in [-0.4, -0.2) is 30.8 Å². The predicted octanol–water partition coefficient (Wildman–Crippen LogP) is -0.891. The van der Waals surface area contributed by atoms with Crippen LogP contribution in [-0.2, 0) is 7.05 Å². The van der Waals surface area contributed by atoms with Gasteiger partial charge in [0, 0.05) is 18.8 Å². The predicted molar refractivity (Wildman–Crippen MR) is 71.0 cm³/mol. The second kappa shape index (κ2) is 5.57. The Morgan fingerprint density at radius 1 is 1.55 bits per heavy atom. The summed E-state index contributed by atoms with van der Waals surface area (Å²) in [5.74, 6) is -0.0578. The number of rotatable bonds is 3. The summed E-state index contributed by atoms with van der Waals surface area (Å²) in [6.07, 6.45) is 1.47. The summed E-state index contributed by atoms with van der Waals surface area (Å²) in [6.45, 7) is 0. The van der Waals surface area contributed by atoms with Crippen LogP contribution in [0.4, 0.5) is 0 Å². The van der Waals surface area contributed by atoms with Crippen molar-refractivity contribution in [2.24, 2.45) is 17.9 Å². The number of amidine groups is 1. The number of hydrogen-bond donors (Lipinski definition) is 3. The van der Waals surface area contributed by atoms with Crippen LogP contribution in [0.25, 0.3) is 0 Å². The highest BCUT2D eigenvalue weighted by Crippen LogP contribution is 2.22. The number of H-pyrrole nitrogens is 1. The van der Waals surface area contributed by atoms with Crippen LogP contribution in [0.5, 0.6) is 0 Å². The van der Waals surface area contributed by atoms with E-state index in [2.05, 4.69) is 20.2 Å². The number of hydrogen-bond acceptors (Lipinski definition) is 7. The largest absolute Gasteiger partial charge is 0.409 e. The zero-order valence-corrected chi connectivity index (χ0v) is 11.1. The fourth-order valence-corrected chi connectivity index (χ4v) is 2.13. The van der Waals surface area contributed by atoms with Crippen molar-refractivity contribution in [1.29, 1.82) is 0 Å². The zero-order valence-electron chi connectivity index (χ0n) is 10.3. The molecule has 2 heterocycles. The van der Waals surface area contributed by atoms with Gasteiger partial charge in [-0.2, -0.15) is 4.98 Å². The summed E-state index contributed by atoms with van der Waals surface area (Å²) in [4.78, 5) is 30.0. The second-order valence-corrected chi connectivity index (χ2v) is 4.66. The number of nitrogens with one attached hydrogen (secondary N) is 1. The maximum atomic E-state index is 11.2. The summed E-state index contributed by atoms with van der Waals surface area (Å²) < 4.78 is 1.31. The van der Waals surface area contributed by atoms with Crippen molar-refractivity contribution in [2.75, 3.05) is 0 Å². The summed E-state index contributed by atoms with van der Waals surface area (Å²) in [6, 6.07) is 3.13. The van der Waals surface area contributed by atoms with E-state index in [-0.39, 0.29) is 11.0 Å². The Balaban J connectivity index is 2.38. The second-order valence-electron chi connectivity index (χ2n) is 3.67. The SMILES string of the molecule is Cn1[nH]c(=O)c(=O)nc1Sc1cc(/C(N)=N/O)ccn1. The van der Waals surface area contributed by atoms with Gasteiger partial charge in [0.25, 0.3) is 0 Å². The van der Waals surface area contributed by atoms with Crippen LogP contribution in [0.1, 0.15) is 5.56 Å². The number of oxime groups is 1. The maximum absolute atomic E-state index is 11.2. The van der Waals surface area contributed by atoms with E-state index in [1.807, 2.05) is 0 Å². The topological polar surface area (TPSA) is 139 Å². The Morgan fingerprint density at radius 2 is 2.30 bits per heavy atom. The van der Waals surface area contributed by atoms with Crippen molar-refractivity contribution >= 4 is 17.6 Å². The molecular formula is C10H10N6O3S. The highest BCUT2D eigenvalue weighted by molar-refractivity contribution is 7.99. The van der Waals surface area contributed by atoms with Gasteiger partial charge in [-0.1, -0.05) is 5.16 Å². The molecule has 0 aliphatic rings. The number of nitrogens with two attached hydrogens (primary N) is 1. The van der Waals surface area contributed by atoms with Crippen LogP contribution in [0, 0.1) is 0 Å². The van der Waals surface area contributed by atoms with Crippen LogP contribution < -0.4 is 16.9 Å². The van der Waals surface area contributed by atoms with Crippen molar-refractivity contribution in [3.8, 4) is 0 Å². The lowest BCUT2D eigenvalue weighted by atomic mass is 10.2. The van der Waals surface area contributed by atoms with Gasteiger partial charge in [0.15, 0.2) is 11.0 Å². The van der Waals surface area contributed by atoms with E-state index in [4.69, 9.17) is 10.9 Å². The number of aryl methyl sites for hydroxylation is 1. The number of aromatic amines is 1. The Hall–Kier alpha value is -2.62. The molecule has 4 N–H and O–H groups in total. The molecule has 104 valence electrons. The molecular weight excluding hydrogens is 284 g/mol. The fraction of sp³-hybridized carbons (Fsp3) is 0.100. The van der Waals surface area contributed by atoms with Crippen LogP contribution in [0.3, 0.4) is 0 Å². The summed E-state index contributed by atoms with van der Waals surface area (Å²) >= 11 is 1.06. The zero-order chi connectivity index (χ0) is 14.7. The number of aromatic nitrogens is 4. The lowest BCUT2D eigenvalue weighted by Crippen LogP contribution is -2.33. The number of nitrogens with zero attached hydrogens (tertiary/aromatic N) is 4. The van der Waals surface area contributed by atoms with Gasteiger partial charge >= 0.3 is 11.1 Å². The Labute approximate surface area is 116 Å². The van der Waals surface area contributed by atoms with Gasteiger partial charge in [0.2, 0.25) is 0 Å². The molecule has 0 aromatic carbocycles. The standard InChI is InChI=1S/C10H10N6O3S/c1-16-10(13-8(17)9(18)14-16)20-6-4-5(2-3-12-6)7(11)15-19/h2-4,19H,1H3,(H2,11,15)(H,14,18). The van der Waals surface area contributed by atoms with Gasteiger partial charge in [-0.15, -0.1) is 0 Å². The van der Waals surface area contributed by atoms with E-state index in [1.54, 1.807) is 19.2 Å². The van der Waals surface area contributed by atoms with Crippen LogP contribution in [0.2, 0.25) is 0 Å². The first-order chi connectivity index (χ1) is 9.51. The summed E-state index contributed by atoms with van der Waals surface area (Å²) in [5, 5.41) is 14.6. The van der Waals surface area contributed by atoms with Crippen molar-refractivity contribution in [2.45, 2.75) is 10.2 Å². The molecule has 0 fully saturated rings. The third-order valence-corrected chi connectivity index (χ3v) is 3.26. The quantitative estimate of drug-likeness (QED) is 0.219. The van der Waals surface area contributed by atoms with Gasteiger partial charge in [-0.3, -0.25) is 19.4 Å². The average Bonchev–Trinajstić information content (AvgIpc) is 2.44. The van der Waals surface area contributed by atoms with Crippen molar-refractivity contribution in [3.63, 3.8) is 0 Å². The Kier molecular flexibility index (Phi) is 3.84. The molecule has 9 nitrogen and oxygen atoms in total. The van der Waals surface area contributed by atoms with E-state index in [0.717, 1.165) is 11.8 Å². The first kappa shape index (κ1) is 13.8. The highest BCUT2D eigenvalue weighted by atomic mass is 32.2. The van der Waals surface area contributed by atoms with Gasteiger partial charge in [-0.25, -0.2) is 4.98 Å². The van der Waals surface area contributed by atoms with Crippen LogP contribution in [0.15, 0.2) is 43.3 Å². The molecule has 0 atom stereocenters. The first-order valence-corrected chi connectivity index (χ1v) is 6.12. The van der Waals surface area contributed by atoms with E-state index < -0.39 is 11.1 Å². The molecule has 0 bridgehead atoms. The Bertz CT molecular complexity index is 781. The molecule has 0 aliphatic carbocycles. The van der Waals surface area contributed by atoms with E-state index >= 15 is 0 Å². The van der Waals surface area contributed by atoms with Crippen LogP contribution >= 0.6 is 11.8 Å². The molecule has 2 aromatic heterocycles. The van der Waals surface area contributed by atoms with Crippen molar-refractivity contribution in [3.05, 3.63) is 44.6 Å². The minimum absolute atomic E-state index is 0.0578. The third-order valence-electron chi connectivity index (χ3n) is 2.28. The third kappa shape index (κ3) is 2.85. The van der Waals surface area contributed by atoms with Crippen molar-refractivity contribution in [1.82, 2.24) is 19.7 Å². The molecule has 0 aliphatic heterocycles. The molecule has 0 unspecified atom stereocenters. The van der Waals surface area contributed by atoms with Gasteiger partial charge in [-0.05, 0) is 23.9 Å².